The lowest BCUT2D eigenvalue weighted by Crippen LogP contribution is -2.28. The van der Waals surface area contributed by atoms with E-state index in [2.05, 4.69) is 22.3 Å². The summed E-state index contributed by atoms with van der Waals surface area (Å²) >= 11 is 6.11. The predicted molar refractivity (Wildman–Crippen MR) is 106 cm³/mol. The van der Waals surface area contributed by atoms with Crippen molar-refractivity contribution >= 4 is 23.2 Å². The molecule has 5 nitrogen and oxygen atoms in total. The molecule has 1 atom stereocenters. The van der Waals surface area contributed by atoms with Crippen LogP contribution >= 0.6 is 11.6 Å². The summed E-state index contributed by atoms with van der Waals surface area (Å²) in [6.07, 6.45) is 2.66. The lowest BCUT2D eigenvalue weighted by Gasteiger charge is -2.26. The van der Waals surface area contributed by atoms with Gasteiger partial charge in [-0.25, -0.2) is 0 Å². The molecule has 0 aliphatic carbocycles. The van der Waals surface area contributed by atoms with Gasteiger partial charge in [-0.15, -0.1) is 0 Å². The number of fused-ring (bicyclic) bond motifs is 1. The molecule has 6 heteroatoms. The number of nitrogens with one attached hydrogen (secondary N) is 1. The first-order valence-corrected chi connectivity index (χ1v) is 9.76. The molecule has 1 unspecified atom stereocenters. The van der Waals surface area contributed by atoms with E-state index in [1.165, 1.54) is 5.56 Å². The van der Waals surface area contributed by atoms with Crippen LogP contribution in [0.4, 0.5) is 5.69 Å². The number of ether oxygens (including phenoxy) is 2. The number of para-hydroxylation sites is 1. The van der Waals surface area contributed by atoms with E-state index in [0.717, 1.165) is 37.4 Å². The van der Waals surface area contributed by atoms with E-state index >= 15 is 0 Å². The number of likely N-dealkylation sites (tertiary alicyclic amines) is 1. The SMILES string of the molecule is O=C(CCN1CCCC1c1ccc2c(c1)OCCO2)Nc1ccccc1Cl. The molecule has 0 spiro atoms. The summed E-state index contributed by atoms with van der Waals surface area (Å²) in [6.45, 7) is 2.91. The molecule has 2 aliphatic rings. The van der Waals surface area contributed by atoms with Gasteiger partial charge in [-0.2, -0.15) is 0 Å². The molecule has 1 amide bonds. The van der Waals surface area contributed by atoms with Gasteiger partial charge in [0.2, 0.25) is 5.91 Å². The molecule has 0 saturated carbocycles. The number of anilines is 1. The second kappa shape index (κ2) is 8.19. The Hall–Kier alpha value is -2.24. The van der Waals surface area contributed by atoms with Gasteiger partial charge in [0.1, 0.15) is 13.2 Å². The fourth-order valence-corrected chi connectivity index (χ4v) is 3.94. The third-order valence-electron chi connectivity index (χ3n) is 5.09. The number of carbonyl (C=O) groups excluding carboxylic acids is 1. The van der Waals surface area contributed by atoms with E-state index < -0.39 is 0 Å². The van der Waals surface area contributed by atoms with Crippen LogP contribution in [-0.4, -0.2) is 37.1 Å². The maximum atomic E-state index is 12.3. The fourth-order valence-electron chi connectivity index (χ4n) is 3.76. The van der Waals surface area contributed by atoms with Gasteiger partial charge >= 0.3 is 0 Å². The Morgan fingerprint density at radius 2 is 1.96 bits per heavy atom. The van der Waals surface area contributed by atoms with Crippen molar-refractivity contribution in [1.29, 1.82) is 0 Å². The summed E-state index contributed by atoms with van der Waals surface area (Å²) in [5, 5.41) is 3.45. The number of amides is 1. The van der Waals surface area contributed by atoms with E-state index in [1.807, 2.05) is 24.3 Å². The van der Waals surface area contributed by atoms with Crippen molar-refractivity contribution in [2.75, 3.05) is 31.6 Å². The van der Waals surface area contributed by atoms with Crippen LogP contribution in [-0.2, 0) is 4.79 Å². The van der Waals surface area contributed by atoms with Crippen LogP contribution in [0.25, 0.3) is 0 Å². The Balaban J connectivity index is 1.37. The first-order valence-electron chi connectivity index (χ1n) is 9.39. The van der Waals surface area contributed by atoms with Crippen molar-refractivity contribution < 1.29 is 14.3 Å². The van der Waals surface area contributed by atoms with E-state index in [4.69, 9.17) is 21.1 Å². The summed E-state index contributed by atoms with van der Waals surface area (Å²) in [4.78, 5) is 14.7. The Morgan fingerprint density at radius 3 is 2.81 bits per heavy atom. The molecule has 0 aromatic heterocycles. The summed E-state index contributed by atoms with van der Waals surface area (Å²) < 4.78 is 11.3. The number of hydrogen-bond donors (Lipinski definition) is 1. The first kappa shape index (κ1) is 18.1. The monoisotopic (exact) mass is 386 g/mol. The highest BCUT2D eigenvalue weighted by Gasteiger charge is 2.27. The number of rotatable bonds is 5. The molecule has 2 aromatic carbocycles. The lowest BCUT2D eigenvalue weighted by atomic mass is 10.0. The van der Waals surface area contributed by atoms with Gasteiger partial charge in [0.15, 0.2) is 11.5 Å². The molecular formula is C21H23ClN2O3. The zero-order chi connectivity index (χ0) is 18.6. The minimum Gasteiger partial charge on any atom is -0.486 e. The highest BCUT2D eigenvalue weighted by Crippen LogP contribution is 2.38. The van der Waals surface area contributed by atoms with E-state index in [-0.39, 0.29) is 5.91 Å². The van der Waals surface area contributed by atoms with E-state index in [1.54, 1.807) is 6.07 Å². The minimum absolute atomic E-state index is 0.0177. The highest BCUT2D eigenvalue weighted by molar-refractivity contribution is 6.33. The molecule has 2 heterocycles. The molecule has 1 saturated heterocycles. The Kier molecular flexibility index (Phi) is 5.50. The zero-order valence-electron chi connectivity index (χ0n) is 15.1. The third kappa shape index (κ3) is 4.20. The predicted octanol–water partition coefficient (Wildman–Crippen LogP) is 4.28. The summed E-state index contributed by atoms with van der Waals surface area (Å²) in [5.41, 5.74) is 1.89. The Bertz CT molecular complexity index is 827. The van der Waals surface area contributed by atoms with Crippen molar-refractivity contribution in [3.8, 4) is 11.5 Å². The Morgan fingerprint density at radius 1 is 1.15 bits per heavy atom. The van der Waals surface area contributed by atoms with Crippen molar-refractivity contribution in [3.63, 3.8) is 0 Å². The number of benzene rings is 2. The quantitative estimate of drug-likeness (QED) is 0.833. The van der Waals surface area contributed by atoms with Crippen LogP contribution in [0.3, 0.4) is 0 Å². The standard InChI is InChI=1S/C21H23ClN2O3/c22-16-4-1-2-5-17(16)23-21(25)9-11-24-10-3-6-18(24)15-7-8-19-20(14-15)27-13-12-26-19/h1-2,4-5,7-8,14,18H,3,6,9-13H2,(H,23,25). The van der Waals surface area contributed by atoms with Gasteiger partial charge in [-0.1, -0.05) is 29.8 Å². The van der Waals surface area contributed by atoms with E-state index in [0.29, 0.717) is 36.4 Å². The molecule has 2 aromatic rings. The number of nitrogens with zero attached hydrogens (tertiary/aromatic N) is 1. The normalized spacial score (nSPS) is 19.1. The number of hydrogen-bond acceptors (Lipinski definition) is 4. The summed E-state index contributed by atoms with van der Waals surface area (Å²) in [6, 6.07) is 13.8. The van der Waals surface area contributed by atoms with Crippen LogP contribution in [0, 0.1) is 0 Å². The molecule has 4 rings (SSSR count). The van der Waals surface area contributed by atoms with Crippen LogP contribution < -0.4 is 14.8 Å². The van der Waals surface area contributed by atoms with Gasteiger partial charge in [-0.05, 0) is 49.2 Å². The van der Waals surface area contributed by atoms with Crippen molar-refractivity contribution in [1.82, 2.24) is 4.90 Å². The molecule has 2 aliphatic heterocycles. The van der Waals surface area contributed by atoms with Crippen LogP contribution in [0.15, 0.2) is 42.5 Å². The second-order valence-corrected chi connectivity index (χ2v) is 7.28. The molecule has 0 bridgehead atoms. The molecular weight excluding hydrogens is 364 g/mol. The van der Waals surface area contributed by atoms with E-state index in [9.17, 15) is 4.79 Å². The molecule has 1 fully saturated rings. The third-order valence-corrected chi connectivity index (χ3v) is 5.42. The Labute approximate surface area is 164 Å². The molecule has 142 valence electrons. The maximum Gasteiger partial charge on any atom is 0.225 e. The number of halogens is 1. The van der Waals surface area contributed by atoms with Crippen molar-refractivity contribution in [3.05, 3.63) is 53.1 Å². The highest BCUT2D eigenvalue weighted by atomic mass is 35.5. The zero-order valence-corrected chi connectivity index (χ0v) is 15.9. The van der Waals surface area contributed by atoms with Crippen molar-refractivity contribution in [2.45, 2.75) is 25.3 Å². The number of carbonyl (C=O) groups is 1. The fraction of sp³-hybridized carbons (Fsp3) is 0.381. The molecule has 0 radical (unpaired) electrons. The average molecular weight is 387 g/mol. The topological polar surface area (TPSA) is 50.8 Å². The van der Waals surface area contributed by atoms with Gasteiger partial charge in [0, 0.05) is 19.0 Å². The van der Waals surface area contributed by atoms with Crippen molar-refractivity contribution in [2.24, 2.45) is 0 Å². The maximum absolute atomic E-state index is 12.3. The van der Waals surface area contributed by atoms with Crippen LogP contribution in [0.1, 0.15) is 30.9 Å². The summed E-state index contributed by atoms with van der Waals surface area (Å²) in [7, 11) is 0. The average Bonchev–Trinajstić information content (AvgIpc) is 3.16. The van der Waals surface area contributed by atoms with Gasteiger partial charge in [0.05, 0.1) is 10.7 Å². The second-order valence-electron chi connectivity index (χ2n) is 6.88. The van der Waals surface area contributed by atoms with Crippen LogP contribution in [0.2, 0.25) is 5.02 Å². The van der Waals surface area contributed by atoms with Crippen LogP contribution in [0.5, 0.6) is 11.5 Å². The molecule has 1 N–H and O–H groups in total. The van der Waals surface area contributed by atoms with Gasteiger partial charge in [-0.3, -0.25) is 9.69 Å². The smallest absolute Gasteiger partial charge is 0.225 e. The first-order chi connectivity index (χ1) is 13.2. The minimum atomic E-state index is -0.0177. The van der Waals surface area contributed by atoms with Gasteiger partial charge in [0.25, 0.3) is 0 Å². The largest absolute Gasteiger partial charge is 0.486 e. The lowest BCUT2D eigenvalue weighted by molar-refractivity contribution is -0.116. The van der Waals surface area contributed by atoms with Gasteiger partial charge < -0.3 is 14.8 Å². The summed E-state index contributed by atoms with van der Waals surface area (Å²) in [5.74, 6) is 1.62. The molecule has 27 heavy (non-hydrogen) atoms.